The van der Waals surface area contributed by atoms with Crippen LogP contribution in [0.1, 0.15) is 16.1 Å². The lowest BCUT2D eigenvalue weighted by Crippen LogP contribution is -2.25. The number of hydrogen-bond acceptors (Lipinski definition) is 4. The third-order valence-electron chi connectivity index (χ3n) is 2.54. The molecule has 0 bridgehead atoms. The highest BCUT2D eigenvalue weighted by atomic mass is 16.6. The second-order valence-electron chi connectivity index (χ2n) is 3.89. The minimum Gasteiger partial charge on any atom is -0.395 e. The van der Waals surface area contributed by atoms with E-state index in [2.05, 4.69) is 5.32 Å². The van der Waals surface area contributed by atoms with Gasteiger partial charge in [0, 0.05) is 6.54 Å². The van der Waals surface area contributed by atoms with Gasteiger partial charge in [-0.3, -0.25) is 14.9 Å². The van der Waals surface area contributed by atoms with E-state index in [1.165, 1.54) is 6.07 Å². The quantitative estimate of drug-likeness (QED) is 0.659. The van der Waals surface area contributed by atoms with Gasteiger partial charge in [-0.2, -0.15) is 0 Å². The zero-order chi connectivity index (χ0) is 13.7. The summed E-state index contributed by atoms with van der Waals surface area (Å²) in [6.07, 6.45) is 0.690. The SMILES string of the molecule is O=C(NCCc1ccccc1)c1ccc([N+](=O)[O-])o1. The molecule has 98 valence electrons. The van der Waals surface area contributed by atoms with Crippen molar-refractivity contribution in [2.24, 2.45) is 0 Å². The van der Waals surface area contributed by atoms with Crippen LogP contribution < -0.4 is 5.32 Å². The summed E-state index contributed by atoms with van der Waals surface area (Å²) in [5.41, 5.74) is 1.10. The maximum absolute atomic E-state index is 11.6. The number of nitrogens with one attached hydrogen (secondary N) is 1. The van der Waals surface area contributed by atoms with E-state index >= 15 is 0 Å². The van der Waals surface area contributed by atoms with Crippen LogP contribution in [0.15, 0.2) is 46.9 Å². The number of nitrogens with zero attached hydrogens (tertiary/aromatic N) is 1. The molecule has 0 aliphatic heterocycles. The van der Waals surface area contributed by atoms with Gasteiger partial charge in [-0.15, -0.1) is 0 Å². The minimum absolute atomic E-state index is 0.0558. The molecule has 2 rings (SSSR count). The van der Waals surface area contributed by atoms with E-state index < -0.39 is 16.7 Å². The van der Waals surface area contributed by atoms with Crippen molar-refractivity contribution in [1.29, 1.82) is 0 Å². The van der Waals surface area contributed by atoms with Crippen LogP contribution in [0.2, 0.25) is 0 Å². The molecule has 0 spiro atoms. The smallest absolute Gasteiger partial charge is 0.395 e. The van der Waals surface area contributed by atoms with Gasteiger partial charge in [0.05, 0.1) is 6.07 Å². The summed E-state index contributed by atoms with van der Waals surface area (Å²) in [5, 5.41) is 13.1. The predicted octanol–water partition coefficient (Wildman–Crippen LogP) is 2.16. The van der Waals surface area contributed by atoms with E-state index in [0.29, 0.717) is 13.0 Å². The molecule has 0 radical (unpaired) electrons. The highest BCUT2D eigenvalue weighted by Crippen LogP contribution is 2.15. The fourth-order valence-corrected chi connectivity index (χ4v) is 1.60. The molecule has 1 heterocycles. The van der Waals surface area contributed by atoms with E-state index in [1.807, 2.05) is 30.3 Å². The number of benzene rings is 1. The zero-order valence-electron chi connectivity index (χ0n) is 10.0. The maximum atomic E-state index is 11.6. The van der Waals surface area contributed by atoms with Gasteiger partial charge < -0.3 is 9.73 Å². The molecule has 0 aliphatic rings. The fraction of sp³-hybridized carbons (Fsp3) is 0.154. The van der Waals surface area contributed by atoms with Crippen molar-refractivity contribution < 1.29 is 14.1 Å². The first-order valence-corrected chi connectivity index (χ1v) is 5.73. The fourth-order valence-electron chi connectivity index (χ4n) is 1.60. The summed E-state index contributed by atoms with van der Waals surface area (Å²) in [6, 6.07) is 12.1. The summed E-state index contributed by atoms with van der Waals surface area (Å²) >= 11 is 0. The average Bonchev–Trinajstić information content (AvgIpc) is 2.89. The Morgan fingerprint density at radius 1 is 1.21 bits per heavy atom. The topological polar surface area (TPSA) is 85.4 Å². The van der Waals surface area contributed by atoms with Crippen LogP contribution in [0.3, 0.4) is 0 Å². The monoisotopic (exact) mass is 260 g/mol. The summed E-state index contributed by atoms with van der Waals surface area (Å²) in [7, 11) is 0. The lowest BCUT2D eigenvalue weighted by atomic mass is 10.1. The Hall–Kier alpha value is -2.63. The number of carbonyl (C=O) groups is 1. The second kappa shape index (κ2) is 5.81. The molecule has 19 heavy (non-hydrogen) atoms. The molecular formula is C13H12N2O4. The van der Waals surface area contributed by atoms with Gasteiger partial charge in [-0.1, -0.05) is 30.3 Å². The first-order chi connectivity index (χ1) is 9.16. The number of carbonyl (C=O) groups excluding carboxylic acids is 1. The van der Waals surface area contributed by atoms with Crippen molar-refractivity contribution in [3.05, 3.63) is 63.9 Å². The van der Waals surface area contributed by atoms with Crippen LogP contribution in [0.4, 0.5) is 5.88 Å². The molecule has 0 unspecified atom stereocenters. The largest absolute Gasteiger partial charge is 0.433 e. The summed E-state index contributed by atoms with van der Waals surface area (Å²) < 4.78 is 4.80. The van der Waals surface area contributed by atoms with Crippen LogP contribution in [0.5, 0.6) is 0 Å². The van der Waals surface area contributed by atoms with Crippen molar-refractivity contribution in [1.82, 2.24) is 5.32 Å². The van der Waals surface area contributed by atoms with Crippen LogP contribution in [0.25, 0.3) is 0 Å². The lowest BCUT2D eigenvalue weighted by Gasteiger charge is -2.02. The molecule has 6 nitrogen and oxygen atoms in total. The molecule has 1 amide bonds. The lowest BCUT2D eigenvalue weighted by molar-refractivity contribution is -0.402. The summed E-state index contributed by atoms with van der Waals surface area (Å²) in [5.74, 6) is -0.947. The minimum atomic E-state index is -0.680. The van der Waals surface area contributed by atoms with Gasteiger partial charge in [-0.25, -0.2) is 0 Å². The van der Waals surface area contributed by atoms with Crippen molar-refractivity contribution >= 4 is 11.8 Å². The summed E-state index contributed by atoms with van der Waals surface area (Å²) in [6.45, 7) is 0.442. The molecule has 1 N–H and O–H groups in total. The van der Waals surface area contributed by atoms with Crippen molar-refractivity contribution in [3.8, 4) is 0 Å². The van der Waals surface area contributed by atoms with Gasteiger partial charge in [0.1, 0.15) is 4.92 Å². The van der Waals surface area contributed by atoms with E-state index in [9.17, 15) is 14.9 Å². The van der Waals surface area contributed by atoms with Crippen LogP contribution in [-0.2, 0) is 6.42 Å². The molecular weight excluding hydrogens is 248 g/mol. The van der Waals surface area contributed by atoms with Gasteiger partial charge in [0.15, 0.2) is 5.76 Å². The number of amides is 1. The number of furan rings is 1. The molecule has 1 aromatic carbocycles. The Kier molecular flexibility index (Phi) is 3.92. The van der Waals surface area contributed by atoms with Crippen LogP contribution >= 0.6 is 0 Å². The van der Waals surface area contributed by atoms with E-state index in [1.54, 1.807) is 0 Å². The number of nitro groups is 1. The molecule has 0 fully saturated rings. The average molecular weight is 260 g/mol. The Balaban J connectivity index is 1.85. The molecule has 0 saturated carbocycles. The third kappa shape index (κ3) is 3.41. The normalized spacial score (nSPS) is 10.1. The Labute approximate surface area is 109 Å². The highest BCUT2D eigenvalue weighted by molar-refractivity contribution is 5.91. The van der Waals surface area contributed by atoms with E-state index in [-0.39, 0.29) is 5.76 Å². The molecule has 0 atom stereocenters. The third-order valence-corrected chi connectivity index (χ3v) is 2.54. The summed E-state index contributed by atoms with van der Waals surface area (Å²) in [4.78, 5) is 21.4. The van der Waals surface area contributed by atoms with E-state index in [0.717, 1.165) is 11.6 Å². The van der Waals surface area contributed by atoms with Crippen LogP contribution in [0, 0.1) is 10.1 Å². The predicted molar refractivity (Wildman–Crippen MR) is 67.8 cm³/mol. The molecule has 0 saturated heterocycles. The van der Waals surface area contributed by atoms with Crippen molar-refractivity contribution in [2.75, 3.05) is 6.54 Å². The Bertz CT molecular complexity index is 577. The van der Waals surface area contributed by atoms with Gasteiger partial charge in [-0.05, 0) is 18.1 Å². The first-order valence-electron chi connectivity index (χ1n) is 5.73. The second-order valence-corrected chi connectivity index (χ2v) is 3.89. The van der Waals surface area contributed by atoms with E-state index in [4.69, 9.17) is 4.42 Å². The highest BCUT2D eigenvalue weighted by Gasteiger charge is 2.16. The maximum Gasteiger partial charge on any atom is 0.433 e. The number of hydrogen-bond donors (Lipinski definition) is 1. The standard InChI is InChI=1S/C13H12N2O4/c16-13(11-6-7-12(19-11)15(17)18)14-9-8-10-4-2-1-3-5-10/h1-7H,8-9H2,(H,14,16). The Morgan fingerprint density at radius 2 is 1.95 bits per heavy atom. The van der Waals surface area contributed by atoms with Gasteiger partial charge in [0.25, 0.3) is 5.91 Å². The van der Waals surface area contributed by atoms with Crippen molar-refractivity contribution in [2.45, 2.75) is 6.42 Å². The van der Waals surface area contributed by atoms with Gasteiger partial charge >= 0.3 is 5.88 Å². The van der Waals surface area contributed by atoms with Crippen molar-refractivity contribution in [3.63, 3.8) is 0 Å². The Morgan fingerprint density at radius 3 is 2.58 bits per heavy atom. The van der Waals surface area contributed by atoms with Crippen LogP contribution in [-0.4, -0.2) is 17.4 Å². The molecule has 0 aliphatic carbocycles. The molecule has 6 heteroatoms. The first kappa shape index (κ1) is 12.8. The zero-order valence-corrected chi connectivity index (χ0v) is 10.0. The molecule has 2 aromatic rings. The number of rotatable bonds is 5. The molecule has 1 aromatic heterocycles. The van der Waals surface area contributed by atoms with Gasteiger partial charge in [0.2, 0.25) is 0 Å².